The summed E-state index contributed by atoms with van der Waals surface area (Å²) in [4.78, 5) is 45.4. The smallest absolute Gasteiger partial charge is 0.336 e. The second-order valence-corrected chi connectivity index (χ2v) is 10.8. The van der Waals surface area contributed by atoms with Crippen molar-refractivity contribution in [3.05, 3.63) is 77.6 Å². The number of amides is 3. The van der Waals surface area contributed by atoms with Crippen molar-refractivity contribution in [2.45, 2.75) is 64.3 Å². The Balaban J connectivity index is 1.51. The first-order valence-corrected chi connectivity index (χ1v) is 14.0. The molecule has 1 aliphatic heterocycles. The monoisotopic (exact) mass is 536 g/mol. The van der Waals surface area contributed by atoms with Crippen molar-refractivity contribution in [3.8, 4) is 16.8 Å². The molecule has 6 rings (SSSR count). The van der Waals surface area contributed by atoms with Gasteiger partial charge >= 0.3 is 12.0 Å². The molecule has 1 aromatic heterocycles. The number of imidazole rings is 1. The van der Waals surface area contributed by atoms with Crippen LogP contribution < -0.4 is 10.2 Å². The molecule has 3 aromatic carbocycles. The van der Waals surface area contributed by atoms with Gasteiger partial charge < -0.3 is 10.4 Å². The minimum absolute atomic E-state index is 0.201. The molecule has 3 amide bonds. The Morgan fingerprint density at radius 3 is 2.48 bits per heavy atom. The van der Waals surface area contributed by atoms with E-state index in [-0.39, 0.29) is 11.5 Å². The maximum atomic E-state index is 13.6. The number of aryl methyl sites for hydroxylation is 1. The van der Waals surface area contributed by atoms with Gasteiger partial charge in [0.2, 0.25) is 0 Å². The minimum Gasteiger partial charge on any atom is -0.478 e. The van der Waals surface area contributed by atoms with E-state index in [0.29, 0.717) is 41.8 Å². The third-order valence-electron chi connectivity index (χ3n) is 8.28. The maximum absolute atomic E-state index is 13.6. The van der Waals surface area contributed by atoms with Gasteiger partial charge in [0.1, 0.15) is 11.4 Å². The number of hydrogen-bond acceptors (Lipinski definition) is 4. The number of nitrogens with zero attached hydrogens (tertiary/aromatic N) is 3. The number of nitrogens with one attached hydrogen (secondary N) is 1. The number of rotatable bonds is 6. The van der Waals surface area contributed by atoms with Crippen molar-refractivity contribution in [1.29, 1.82) is 0 Å². The molecule has 1 aliphatic carbocycles. The molecule has 204 valence electrons. The van der Waals surface area contributed by atoms with Crippen LogP contribution in [0, 0.1) is 6.92 Å². The lowest BCUT2D eigenvalue weighted by molar-refractivity contribution is -0.123. The molecule has 8 nitrogen and oxygen atoms in total. The Kier molecular flexibility index (Phi) is 6.41. The van der Waals surface area contributed by atoms with Gasteiger partial charge in [-0.1, -0.05) is 62.6 Å². The lowest BCUT2D eigenvalue weighted by atomic mass is 9.81. The molecule has 4 aromatic rings. The lowest BCUT2D eigenvalue weighted by Gasteiger charge is -2.30. The molecular formula is C32H32N4O4. The normalized spacial score (nSPS) is 16.6. The number of carbonyl (C=O) groups excluding carboxylic acids is 2. The van der Waals surface area contributed by atoms with Crippen LogP contribution in [-0.2, 0) is 11.2 Å². The van der Waals surface area contributed by atoms with Gasteiger partial charge in [-0.2, -0.15) is 0 Å². The van der Waals surface area contributed by atoms with Gasteiger partial charge in [0.15, 0.2) is 0 Å². The quantitative estimate of drug-likeness (QED) is 0.277. The Labute approximate surface area is 232 Å². The van der Waals surface area contributed by atoms with Crippen LogP contribution in [-0.4, -0.2) is 38.1 Å². The zero-order chi connectivity index (χ0) is 28.0. The summed E-state index contributed by atoms with van der Waals surface area (Å²) in [6.45, 7) is 3.89. The van der Waals surface area contributed by atoms with Gasteiger partial charge in [0, 0.05) is 6.42 Å². The Hall–Kier alpha value is -4.46. The van der Waals surface area contributed by atoms with Crippen LogP contribution in [0.4, 0.5) is 10.5 Å². The highest BCUT2D eigenvalue weighted by molar-refractivity contribution is 6.23. The van der Waals surface area contributed by atoms with E-state index >= 15 is 0 Å². The average molecular weight is 537 g/mol. The third kappa shape index (κ3) is 4.06. The van der Waals surface area contributed by atoms with Crippen molar-refractivity contribution in [1.82, 2.24) is 14.9 Å². The number of hydrogen-bond donors (Lipinski definition) is 2. The zero-order valence-electron chi connectivity index (χ0n) is 22.7. The van der Waals surface area contributed by atoms with Crippen LogP contribution in [0.25, 0.3) is 27.8 Å². The Morgan fingerprint density at radius 1 is 1.02 bits per heavy atom. The number of anilines is 1. The first kappa shape index (κ1) is 25.8. The molecule has 40 heavy (non-hydrogen) atoms. The summed E-state index contributed by atoms with van der Waals surface area (Å²) in [5.41, 5.74) is 4.14. The van der Waals surface area contributed by atoms with Gasteiger partial charge in [0.05, 0.1) is 28.0 Å². The van der Waals surface area contributed by atoms with Gasteiger partial charge in [0.25, 0.3) is 5.91 Å². The number of fused-ring (bicyclic) bond motifs is 1. The fraction of sp³-hybridized carbons (Fsp3) is 0.312. The number of benzene rings is 3. The predicted octanol–water partition coefficient (Wildman–Crippen LogP) is 6.41. The Bertz CT molecular complexity index is 1650. The molecule has 1 saturated heterocycles. The fourth-order valence-electron chi connectivity index (χ4n) is 6.34. The SMILES string of the molecule is CCCc1nc2ccc(N3C(=O)NC4(CCCCC4)C3=O)cc2n1-c1ccc(-c2ccccc2)c(C(=O)O)c1C. The first-order chi connectivity index (χ1) is 19.3. The second kappa shape index (κ2) is 9.93. The highest BCUT2D eigenvalue weighted by atomic mass is 16.4. The van der Waals surface area contributed by atoms with E-state index < -0.39 is 17.5 Å². The molecule has 2 aliphatic rings. The average Bonchev–Trinajstić information content (AvgIpc) is 3.42. The number of aromatic carboxylic acids is 1. The van der Waals surface area contributed by atoms with Crippen LogP contribution >= 0.6 is 0 Å². The molecule has 2 fully saturated rings. The predicted molar refractivity (Wildman–Crippen MR) is 154 cm³/mol. The van der Waals surface area contributed by atoms with Gasteiger partial charge in [-0.25, -0.2) is 19.5 Å². The van der Waals surface area contributed by atoms with Gasteiger partial charge in [-0.05, 0) is 67.1 Å². The van der Waals surface area contributed by atoms with E-state index in [4.69, 9.17) is 4.98 Å². The maximum Gasteiger partial charge on any atom is 0.336 e. The fourth-order valence-corrected chi connectivity index (χ4v) is 6.34. The number of urea groups is 1. The van der Waals surface area contributed by atoms with E-state index in [0.717, 1.165) is 48.1 Å². The Morgan fingerprint density at radius 2 is 1.77 bits per heavy atom. The van der Waals surface area contributed by atoms with Crippen LogP contribution in [0.15, 0.2) is 60.7 Å². The summed E-state index contributed by atoms with van der Waals surface area (Å²) in [7, 11) is 0. The number of aromatic nitrogens is 2. The largest absolute Gasteiger partial charge is 0.478 e. The molecule has 1 saturated carbocycles. The summed E-state index contributed by atoms with van der Waals surface area (Å²) in [6.07, 6.45) is 5.72. The summed E-state index contributed by atoms with van der Waals surface area (Å²) in [5, 5.41) is 13.3. The van der Waals surface area contributed by atoms with E-state index in [1.54, 1.807) is 6.07 Å². The third-order valence-corrected chi connectivity index (χ3v) is 8.28. The number of carboxylic acid groups (broad SMARTS) is 1. The summed E-state index contributed by atoms with van der Waals surface area (Å²) >= 11 is 0. The van der Waals surface area contributed by atoms with E-state index in [1.165, 1.54) is 4.90 Å². The molecular weight excluding hydrogens is 504 g/mol. The standard InChI is InChI=1S/C32H32N4O4/c1-3-10-27-33-24-15-13-22(35-30(39)32(34-31(35)40)17-8-5-9-18-32)19-26(24)36(27)25-16-14-23(21-11-6-4-7-12-21)28(20(25)2)29(37)38/h4,6-7,11-16,19H,3,5,8-10,17-18H2,1-2H3,(H,34,40)(H,37,38). The molecule has 1 spiro atoms. The van der Waals surface area contributed by atoms with Gasteiger partial charge in [-0.15, -0.1) is 0 Å². The van der Waals surface area contributed by atoms with Crippen molar-refractivity contribution in [2.24, 2.45) is 0 Å². The number of carbonyl (C=O) groups is 3. The molecule has 2 heterocycles. The topological polar surface area (TPSA) is 105 Å². The van der Waals surface area contributed by atoms with E-state index in [9.17, 15) is 19.5 Å². The zero-order valence-corrected chi connectivity index (χ0v) is 22.7. The van der Waals surface area contributed by atoms with Crippen molar-refractivity contribution in [2.75, 3.05) is 4.90 Å². The first-order valence-electron chi connectivity index (χ1n) is 14.0. The second-order valence-electron chi connectivity index (χ2n) is 10.8. The minimum atomic E-state index is -1.00. The van der Waals surface area contributed by atoms with E-state index in [2.05, 4.69) is 12.2 Å². The number of imide groups is 1. The molecule has 0 unspecified atom stereocenters. The van der Waals surface area contributed by atoms with Crippen LogP contribution in [0.5, 0.6) is 0 Å². The lowest BCUT2D eigenvalue weighted by Crippen LogP contribution is -2.48. The highest BCUT2D eigenvalue weighted by Gasteiger charge is 2.51. The molecule has 8 heteroatoms. The molecule has 2 N–H and O–H groups in total. The van der Waals surface area contributed by atoms with Crippen molar-refractivity contribution < 1.29 is 19.5 Å². The highest BCUT2D eigenvalue weighted by Crippen LogP contribution is 2.38. The van der Waals surface area contributed by atoms with Crippen molar-refractivity contribution in [3.63, 3.8) is 0 Å². The van der Waals surface area contributed by atoms with E-state index in [1.807, 2.05) is 66.1 Å². The van der Waals surface area contributed by atoms with Crippen LogP contribution in [0.2, 0.25) is 0 Å². The molecule has 0 bridgehead atoms. The van der Waals surface area contributed by atoms with Gasteiger partial charge in [-0.3, -0.25) is 9.36 Å². The van der Waals surface area contributed by atoms with Crippen LogP contribution in [0.1, 0.15) is 67.2 Å². The molecule has 0 atom stereocenters. The number of carboxylic acids is 1. The summed E-state index contributed by atoms with van der Waals surface area (Å²) in [5.74, 6) is -0.409. The van der Waals surface area contributed by atoms with Crippen LogP contribution in [0.3, 0.4) is 0 Å². The summed E-state index contributed by atoms with van der Waals surface area (Å²) in [6, 6.07) is 18.3. The van der Waals surface area contributed by atoms with Crippen molar-refractivity contribution >= 4 is 34.6 Å². The summed E-state index contributed by atoms with van der Waals surface area (Å²) < 4.78 is 1.98. The molecule has 0 radical (unpaired) electrons.